The molecule has 1 atom stereocenters. The summed E-state index contributed by atoms with van der Waals surface area (Å²) in [6.45, 7) is 6.15. The number of urea groups is 1. The Labute approximate surface area is 141 Å². The van der Waals surface area contributed by atoms with Gasteiger partial charge in [0.2, 0.25) is 0 Å². The van der Waals surface area contributed by atoms with E-state index in [9.17, 15) is 9.59 Å². The highest BCUT2D eigenvalue weighted by Gasteiger charge is 2.46. The molecular formula is C17H23N3O4. The molecule has 1 N–H and O–H groups in total. The molecule has 0 radical (unpaired) electrons. The van der Waals surface area contributed by atoms with E-state index in [4.69, 9.17) is 9.47 Å². The second kappa shape index (κ2) is 7.33. The molecule has 2 rings (SSSR count). The van der Waals surface area contributed by atoms with Gasteiger partial charge in [-0.05, 0) is 43.5 Å². The van der Waals surface area contributed by atoms with Crippen LogP contribution in [-0.4, -0.2) is 42.4 Å². The molecule has 0 saturated carbocycles. The van der Waals surface area contributed by atoms with Crippen LogP contribution in [0.25, 0.3) is 0 Å². The van der Waals surface area contributed by atoms with Gasteiger partial charge in [-0.2, -0.15) is 5.10 Å². The molecule has 1 heterocycles. The van der Waals surface area contributed by atoms with E-state index in [-0.39, 0.29) is 5.91 Å². The number of ether oxygens (including phenoxy) is 2. The van der Waals surface area contributed by atoms with Gasteiger partial charge in [-0.1, -0.05) is 13.8 Å². The lowest BCUT2D eigenvalue weighted by Gasteiger charge is -2.17. The largest absolute Gasteiger partial charge is 0.493 e. The minimum atomic E-state index is -0.899. The van der Waals surface area contributed by atoms with Crippen molar-refractivity contribution in [3.63, 3.8) is 0 Å². The molecule has 1 aliphatic heterocycles. The van der Waals surface area contributed by atoms with E-state index in [0.717, 1.165) is 11.4 Å². The van der Waals surface area contributed by atoms with Crippen LogP contribution in [0, 0.1) is 0 Å². The summed E-state index contributed by atoms with van der Waals surface area (Å²) in [5.74, 6) is 0.856. The molecule has 7 nitrogen and oxygen atoms in total. The van der Waals surface area contributed by atoms with Crippen LogP contribution >= 0.6 is 0 Å². The standard InChI is InChI=1S/C17H23N3O4/c1-5-9-24-13-8-7-12(10-14(13)23-4)11-18-20-15(21)17(3,6-2)19-16(20)22/h7-8,10-11H,5-6,9H2,1-4H3,(H,19,22)/b18-11-/t17-/m1/s1. The number of hydrogen-bond donors (Lipinski definition) is 1. The fraction of sp³-hybridized carbons (Fsp3) is 0.471. The maximum Gasteiger partial charge on any atom is 0.346 e. The molecule has 1 saturated heterocycles. The summed E-state index contributed by atoms with van der Waals surface area (Å²) >= 11 is 0. The van der Waals surface area contributed by atoms with Crippen LogP contribution in [0.1, 0.15) is 39.2 Å². The molecule has 7 heteroatoms. The zero-order valence-electron chi connectivity index (χ0n) is 14.5. The molecule has 0 bridgehead atoms. The van der Waals surface area contributed by atoms with Crippen molar-refractivity contribution in [3.8, 4) is 11.5 Å². The molecule has 3 amide bonds. The first-order valence-corrected chi connectivity index (χ1v) is 7.96. The molecule has 0 unspecified atom stereocenters. The zero-order chi connectivity index (χ0) is 17.7. The SMILES string of the molecule is CCCOc1ccc(/C=N\N2C(=O)N[C@](C)(CC)C2=O)cc1OC. The van der Waals surface area contributed by atoms with Crippen LogP contribution in [0.5, 0.6) is 11.5 Å². The van der Waals surface area contributed by atoms with E-state index in [0.29, 0.717) is 30.1 Å². The lowest BCUT2D eigenvalue weighted by molar-refractivity contribution is -0.130. The number of hydrazone groups is 1. The van der Waals surface area contributed by atoms with Gasteiger partial charge in [-0.25, -0.2) is 4.79 Å². The van der Waals surface area contributed by atoms with Gasteiger partial charge in [-0.3, -0.25) is 4.79 Å². The number of methoxy groups -OCH3 is 1. The third kappa shape index (κ3) is 3.50. The maximum absolute atomic E-state index is 12.3. The molecule has 24 heavy (non-hydrogen) atoms. The first kappa shape index (κ1) is 17.8. The number of carbonyl (C=O) groups is 2. The van der Waals surface area contributed by atoms with Crippen molar-refractivity contribution >= 4 is 18.2 Å². The van der Waals surface area contributed by atoms with E-state index >= 15 is 0 Å². The third-order valence-electron chi connectivity index (χ3n) is 3.92. The number of carbonyl (C=O) groups excluding carboxylic acids is 2. The second-order valence-corrected chi connectivity index (χ2v) is 5.74. The van der Waals surface area contributed by atoms with Crippen LogP contribution in [0.15, 0.2) is 23.3 Å². The van der Waals surface area contributed by atoms with Crippen molar-refractivity contribution in [2.45, 2.75) is 39.2 Å². The number of nitrogens with one attached hydrogen (secondary N) is 1. The number of imide groups is 1. The molecule has 0 aliphatic carbocycles. The quantitative estimate of drug-likeness (QED) is 0.614. The first-order valence-electron chi connectivity index (χ1n) is 7.96. The summed E-state index contributed by atoms with van der Waals surface area (Å²) in [6.07, 6.45) is 2.85. The van der Waals surface area contributed by atoms with Gasteiger partial charge in [0.15, 0.2) is 11.5 Å². The Morgan fingerprint density at radius 3 is 2.62 bits per heavy atom. The molecule has 0 spiro atoms. The molecule has 130 valence electrons. The summed E-state index contributed by atoms with van der Waals surface area (Å²) in [4.78, 5) is 24.2. The lowest BCUT2D eigenvalue weighted by atomic mass is 10.00. The summed E-state index contributed by atoms with van der Waals surface area (Å²) in [6, 6.07) is 4.79. The van der Waals surface area contributed by atoms with Crippen LogP contribution in [0.4, 0.5) is 4.79 Å². The second-order valence-electron chi connectivity index (χ2n) is 5.74. The first-order chi connectivity index (χ1) is 11.4. The Hall–Kier alpha value is -2.57. The van der Waals surface area contributed by atoms with Gasteiger partial charge in [0.25, 0.3) is 5.91 Å². The average Bonchev–Trinajstić information content (AvgIpc) is 2.81. The molecule has 1 aromatic carbocycles. The third-order valence-corrected chi connectivity index (χ3v) is 3.92. The van der Waals surface area contributed by atoms with Crippen LogP contribution in [-0.2, 0) is 4.79 Å². The Balaban J connectivity index is 2.17. The predicted octanol–water partition coefficient (Wildman–Crippen LogP) is 2.54. The summed E-state index contributed by atoms with van der Waals surface area (Å²) in [5, 5.41) is 7.52. The highest BCUT2D eigenvalue weighted by Crippen LogP contribution is 2.28. The number of hydrogen-bond acceptors (Lipinski definition) is 5. The van der Waals surface area contributed by atoms with Crippen molar-refractivity contribution in [3.05, 3.63) is 23.8 Å². The minimum absolute atomic E-state index is 0.360. The highest BCUT2D eigenvalue weighted by molar-refractivity contribution is 6.07. The number of benzene rings is 1. The Morgan fingerprint density at radius 1 is 1.29 bits per heavy atom. The van der Waals surface area contributed by atoms with Gasteiger partial charge in [0.05, 0.1) is 19.9 Å². The van der Waals surface area contributed by atoms with Crippen molar-refractivity contribution in [2.24, 2.45) is 5.10 Å². The minimum Gasteiger partial charge on any atom is -0.493 e. The molecular weight excluding hydrogens is 310 g/mol. The topological polar surface area (TPSA) is 80.2 Å². The van der Waals surface area contributed by atoms with Crippen molar-refractivity contribution in [2.75, 3.05) is 13.7 Å². The van der Waals surface area contributed by atoms with Crippen molar-refractivity contribution in [1.29, 1.82) is 0 Å². The van der Waals surface area contributed by atoms with E-state index < -0.39 is 11.6 Å². The van der Waals surface area contributed by atoms with E-state index in [1.54, 1.807) is 32.2 Å². The zero-order valence-corrected chi connectivity index (χ0v) is 14.5. The molecule has 0 aromatic heterocycles. The van der Waals surface area contributed by atoms with E-state index in [1.807, 2.05) is 13.8 Å². The molecule has 1 aliphatic rings. The van der Waals surface area contributed by atoms with Crippen LogP contribution in [0.2, 0.25) is 0 Å². The van der Waals surface area contributed by atoms with E-state index in [2.05, 4.69) is 10.4 Å². The lowest BCUT2D eigenvalue weighted by Crippen LogP contribution is -2.42. The molecule has 1 aromatic rings. The van der Waals surface area contributed by atoms with Crippen LogP contribution < -0.4 is 14.8 Å². The smallest absolute Gasteiger partial charge is 0.346 e. The van der Waals surface area contributed by atoms with Gasteiger partial charge in [0, 0.05) is 0 Å². The number of amides is 3. The monoisotopic (exact) mass is 333 g/mol. The maximum atomic E-state index is 12.3. The van der Waals surface area contributed by atoms with Crippen molar-refractivity contribution in [1.82, 2.24) is 10.3 Å². The fourth-order valence-electron chi connectivity index (χ4n) is 2.23. The highest BCUT2D eigenvalue weighted by atomic mass is 16.5. The normalized spacial score (nSPS) is 20.6. The number of rotatable bonds is 7. The summed E-state index contributed by atoms with van der Waals surface area (Å²) < 4.78 is 10.9. The van der Waals surface area contributed by atoms with Gasteiger partial charge >= 0.3 is 6.03 Å². The van der Waals surface area contributed by atoms with Gasteiger partial charge < -0.3 is 14.8 Å². The summed E-state index contributed by atoms with van der Waals surface area (Å²) in [7, 11) is 1.55. The fourth-order valence-corrected chi connectivity index (χ4v) is 2.23. The van der Waals surface area contributed by atoms with Gasteiger partial charge in [-0.15, -0.1) is 5.01 Å². The Bertz CT molecular complexity index is 659. The Morgan fingerprint density at radius 2 is 2.04 bits per heavy atom. The molecule has 1 fully saturated rings. The van der Waals surface area contributed by atoms with E-state index in [1.165, 1.54) is 6.21 Å². The average molecular weight is 333 g/mol. The van der Waals surface area contributed by atoms with Crippen LogP contribution in [0.3, 0.4) is 0 Å². The predicted molar refractivity (Wildman–Crippen MR) is 90.4 cm³/mol. The number of nitrogens with zero attached hydrogens (tertiary/aromatic N) is 2. The summed E-state index contributed by atoms with van der Waals surface area (Å²) in [5.41, 5.74) is -0.203. The van der Waals surface area contributed by atoms with Gasteiger partial charge in [0.1, 0.15) is 5.54 Å². The Kier molecular flexibility index (Phi) is 5.43. The van der Waals surface area contributed by atoms with Crippen molar-refractivity contribution < 1.29 is 19.1 Å².